The summed E-state index contributed by atoms with van der Waals surface area (Å²) in [5.74, 6) is 0. The molecule has 124 valence electrons. The molecule has 0 atom stereocenters. The number of rotatable bonds is 5. The third kappa shape index (κ3) is 4.43. The summed E-state index contributed by atoms with van der Waals surface area (Å²) in [6, 6.07) is 1.38. The molecule has 4 nitrogen and oxygen atoms in total. The molecule has 0 spiro atoms. The largest absolute Gasteiger partial charge is 0.376 e. The van der Waals surface area contributed by atoms with E-state index in [4.69, 9.17) is 4.74 Å². The molecule has 3 rings (SSSR count). The third-order valence-electron chi connectivity index (χ3n) is 4.79. The quantitative estimate of drug-likeness (QED) is 0.901. The Morgan fingerprint density at radius 1 is 1.14 bits per heavy atom. The average molecular weight is 324 g/mol. The van der Waals surface area contributed by atoms with E-state index in [0.717, 1.165) is 13.1 Å². The number of hydrogen-bond acceptors (Lipinski definition) is 5. The van der Waals surface area contributed by atoms with Gasteiger partial charge in [-0.05, 0) is 52.4 Å². The van der Waals surface area contributed by atoms with E-state index < -0.39 is 0 Å². The lowest BCUT2D eigenvalue weighted by Crippen LogP contribution is -2.47. The van der Waals surface area contributed by atoms with Crippen LogP contribution in [0.3, 0.4) is 0 Å². The zero-order valence-electron chi connectivity index (χ0n) is 13.8. The van der Waals surface area contributed by atoms with Crippen molar-refractivity contribution in [3.05, 3.63) is 11.6 Å². The van der Waals surface area contributed by atoms with Crippen LogP contribution in [0, 0.1) is 0 Å². The molecule has 1 saturated heterocycles. The van der Waals surface area contributed by atoms with Crippen LogP contribution in [-0.4, -0.2) is 42.4 Å². The Bertz CT molecular complexity index is 421. The Kier molecular flexibility index (Phi) is 5.71. The molecule has 2 heterocycles. The first-order valence-electron chi connectivity index (χ1n) is 8.76. The van der Waals surface area contributed by atoms with Gasteiger partial charge in [-0.15, -0.1) is 11.3 Å². The van der Waals surface area contributed by atoms with E-state index in [9.17, 15) is 0 Å². The zero-order valence-corrected chi connectivity index (χ0v) is 14.6. The molecule has 22 heavy (non-hydrogen) atoms. The topological polar surface area (TPSA) is 37.4 Å². The van der Waals surface area contributed by atoms with Crippen molar-refractivity contribution >= 4 is 16.5 Å². The first-order chi connectivity index (χ1) is 10.7. The molecular weight excluding hydrogens is 294 g/mol. The third-order valence-corrected chi connectivity index (χ3v) is 5.63. The van der Waals surface area contributed by atoms with Crippen LogP contribution in [0.2, 0.25) is 0 Å². The molecule has 0 unspecified atom stereocenters. The minimum absolute atomic E-state index is 0.365. The van der Waals surface area contributed by atoms with Gasteiger partial charge < -0.3 is 15.0 Å². The molecule has 1 aliphatic heterocycles. The van der Waals surface area contributed by atoms with Crippen LogP contribution in [0.4, 0.5) is 5.13 Å². The first kappa shape index (κ1) is 16.2. The van der Waals surface area contributed by atoms with Gasteiger partial charge in [-0.2, -0.15) is 0 Å². The van der Waals surface area contributed by atoms with Crippen molar-refractivity contribution in [1.29, 1.82) is 0 Å². The Morgan fingerprint density at radius 3 is 2.41 bits per heavy atom. The summed E-state index contributed by atoms with van der Waals surface area (Å²) in [6.45, 7) is 6.55. The molecule has 5 heteroatoms. The van der Waals surface area contributed by atoms with Crippen molar-refractivity contribution in [2.24, 2.45) is 0 Å². The number of nitrogens with one attached hydrogen (secondary N) is 1. The molecule has 1 aromatic rings. The van der Waals surface area contributed by atoms with Gasteiger partial charge in [0.15, 0.2) is 5.13 Å². The highest BCUT2D eigenvalue weighted by Crippen LogP contribution is 2.25. The smallest absolute Gasteiger partial charge is 0.185 e. The van der Waals surface area contributed by atoms with Gasteiger partial charge in [-0.3, -0.25) is 0 Å². The average Bonchev–Trinajstić information content (AvgIpc) is 3.04. The minimum Gasteiger partial charge on any atom is -0.376 e. The zero-order chi connectivity index (χ0) is 15.4. The molecule has 1 N–H and O–H groups in total. The Labute approximate surface area is 138 Å². The standard InChI is InChI=1S/C17H29N3OS/c1-13(2)21-16-5-3-14(4-6-16)19-15-7-10-20(11-8-15)17-18-9-12-22-17/h9,12-16,19H,3-8,10-11H2,1-2H3. The second kappa shape index (κ2) is 7.75. The molecule has 0 aromatic carbocycles. The van der Waals surface area contributed by atoms with E-state index in [-0.39, 0.29) is 0 Å². The van der Waals surface area contributed by atoms with E-state index in [0.29, 0.717) is 24.3 Å². The Hall–Kier alpha value is -0.650. The van der Waals surface area contributed by atoms with Crippen molar-refractivity contribution in [2.75, 3.05) is 18.0 Å². The summed E-state index contributed by atoms with van der Waals surface area (Å²) >= 11 is 1.75. The second-order valence-electron chi connectivity index (χ2n) is 6.90. The lowest BCUT2D eigenvalue weighted by atomic mass is 9.91. The highest BCUT2D eigenvalue weighted by Gasteiger charge is 2.26. The van der Waals surface area contributed by atoms with E-state index in [2.05, 4.69) is 34.4 Å². The number of nitrogens with zero attached hydrogens (tertiary/aromatic N) is 2. The molecule has 0 radical (unpaired) electrons. The molecule has 1 saturated carbocycles. The number of aromatic nitrogens is 1. The summed E-state index contributed by atoms with van der Waals surface area (Å²) in [6.07, 6.45) is 10.2. The summed E-state index contributed by atoms with van der Waals surface area (Å²) in [5, 5.41) is 7.15. The van der Waals surface area contributed by atoms with Gasteiger partial charge in [0.1, 0.15) is 0 Å². The van der Waals surface area contributed by atoms with Crippen LogP contribution in [0.25, 0.3) is 0 Å². The SMILES string of the molecule is CC(C)OC1CCC(NC2CCN(c3nccs3)CC2)CC1. The van der Waals surface area contributed by atoms with Gasteiger partial charge >= 0.3 is 0 Å². The molecule has 1 aliphatic carbocycles. The van der Waals surface area contributed by atoms with Crippen LogP contribution in [0.15, 0.2) is 11.6 Å². The summed E-state index contributed by atoms with van der Waals surface area (Å²) in [5.41, 5.74) is 0. The Balaban J connectivity index is 1.37. The van der Waals surface area contributed by atoms with Crippen LogP contribution >= 0.6 is 11.3 Å². The van der Waals surface area contributed by atoms with Crippen molar-refractivity contribution in [3.8, 4) is 0 Å². The minimum atomic E-state index is 0.365. The number of hydrogen-bond donors (Lipinski definition) is 1. The van der Waals surface area contributed by atoms with Crippen LogP contribution in [0.1, 0.15) is 52.4 Å². The van der Waals surface area contributed by atoms with E-state index in [1.807, 2.05) is 6.20 Å². The van der Waals surface area contributed by atoms with Crippen molar-refractivity contribution in [3.63, 3.8) is 0 Å². The van der Waals surface area contributed by atoms with E-state index in [1.165, 1.54) is 43.7 Å². The number of ether oxygens (including phenoxy) is 1. The maximum absolute atomic E-state index is 5.94. The number of piperidine rings is 1. The van der Waals surface area contributed by atoms with Gasteiger partial charge in [0.25, 0.3) is 0 Å². The second-order valence-corrected chi connectivity index (χ2v) is 7.77. The normalized spacial score (nSPS) is 27.5. The molecule has 2 aliphatic rings. The fraction of sp³-hybridized carbons (Fsp3) is 0.824. The highest BCUT2D eigenvalue weighted by atomic mass is 32.1. The molecule has 1 aromatic heterocycles. The summed E-state index contributed by atoms with van der Waals surface area (Å²) < 4.78 is 5.94. The predicted molar refractivity (Wildman–Crippen MR) is 92.7 cm³/mol. The fourth-order valence-corrected chi connectivity index (χ4v) is 4.39. The fourth-order valence-electron chi connectivity index (χ4n) is 3.69. The van der Waals surface area contributed by atoms with Gasteiger partial charge in [-0.25, -0.2) is 4.98 Å². The summed E-state index contributed by atoms with van der Waals surface area (Å²) in [7, 11) is 0. The lowest BCUT2D eigenvalue weighted by molar-refractivity contribution is -0.0169. The van der Waals surface area contributed by atoms with Crippen LogP contribution in [-0.2, 0) is 4.74 Å². The molecular formula is C17H29N3OS. The van der Waals surface area contributed by atoms with Crippen LogP contribution < -0.4 is 10.2 Å². The number of thiazole rings is 1. The molecule has 0 amide bonds. The van der Waals surface area contributed by atoms with Gasteiger partial charge in [0.2, 0.25) is 0 Å². The Morgan fingerprint density at radius 2 is 1.82 bits per heavy atom. The molecule has 0 bridgehead atoms. The van der Waals surface area contributed by atoms with Crippen LogP contribution in [0.5, 0.6) is 0 Å². The number of anilines is 1. The van der Waals surface area contributed by atoms with Gasteiger partial charge in [0.05, 0.1) is 12.2 Å². The van der Waals surface area contributed by atoms with E-state index >= 15 is 0 Å². The maximum Gasteiger partial charge on any atom is 0.185 e. The van der Waals surface area contributed by atoms with Gasteiger partial charge in [-0.1, -0.05) is 0 Å². The summed E-state index contributed by atoms with van der Waals surface area (Å²) in [4.78, 5) is 6.85. The molecule has 2 fully saturated rings. The van der Waals surface area contributed by atoms with Gasteiger partial charge in [0, 0.05) is 36.8 Å². The van der Waals surface area contributed by atoms with Crippen molar-refractivity contribution in [2.45, 2.75) is 76.7 Å². The predicted octanol–water partition coefficient (Wildman–Crippen LogP) is 3.44. The van der Waals surface area contributed by atoms with Crippen molar-refractivity contribution < 1.29 is 4.74 Å². The first-order valence-corrected chi connectivity index (χ1v) is 9.64. The van der Waals surface area contributed by atoms with Crippen molar-refractivity contribution in [1.82, 2.24) is 10.3 Å². The highest BCUT2D eigenvalue weighted by molar-refractivity contribution is 7.13. The van der Waals surface area contributed by atoms with E-state index in [1.54, 1.807) is 11.3 Å². The monoisotopic (exact) mass is 323 g/mol. The maximum atomic E-state index is 5.94. The lowest BCUT2D eigenvalue weighted by Gasteiger charge is -2.37.